The molecule has 0 aromatic rings. The second kappa shape index (κ2) is 3.69. The third-order valence-electron chi connectivity index (χ3n) is 1.34. The molecule has 0 heterocycles. The third-order valence-corrected chi connectivity index (χ3v) is 1.34. The lowest BCUT2D eigenvalue weighted by Crippen LogP contribution is -2.45. The molecule has 0 radical (unpaired) electrons. The van der Waals surface area contributed by atoms with E-state index < -0.39 is 24.6 Å². The number of hydrogen-bond acceptors (Lipinski definition) is 1. The zero-order chi connectivity index (χ0) is 11.6. The van der Waals surface area contributed by atoms with Crippen molar-refractivity contribution in [1.29, 1.82) is 0 Å². The van der Waals surface area contributed by atoms with Gasteiger partial charge in [0, 0.05) is 0 Å². The summed E-state index contributed by atoms with van der Waals surface area (Å²) in [6.07, 6.45) is -5.42. The van der Waals surface area contributed by atoms with Crippen molar-refractivity contribution in [2.75, 3.05) is 6.61 Å². The lowest BCUT2D eigenvalue weighted by molar-refractivity contribution is -0.276. The molecule has 0 N–H and O–H groups in total. The van der Waals surface area contributed by atoms with Gasteiger partial charge in [0.25, 0.3) is 0 Å². The van der Waals surface area contributed by atoms with Gasteiger partial charge in [0.1, 0.15) is 6.61 Å². The van der Waals surface area contributed by atoms with Gasteiger partial charge in [0.15, 0.2) is 0 Å². The van der Waals surface area contributed by atoms with Crippen molar-refractivity contribution in [2.45, 2.75) is 24.9 Å². The first-order chi connectivity index (χ1) is 6.02. The summed E-state index contributed by atoms with van der Waals surface area (Å²) >= 11 is 0. The normalized spacial score (nSPS) is 17.3. The highest BCUT2D eigenvalue weighted by atomic mass is 19.4. The molecule has 0 aromatic carbocycles. The molecule has 14 heavy (non-hydrogen) atoms. The van der Waals surface area contributed by atoms with E-state index in [0.717, 1.165) is 5.92 Å². The molecular weight excluding hydrogens is 214 g/mol. The van der Waals surface area contributed by atoms with E-state index in [1.807, 2.05) is 0 Å². The largest absolute Gasteiger partial charge is 0.428 e. The van der Waals surface area contributed by atoms with Gasteiger partial charge in [-0.3, -0.25) is 0 Å². The summed E-state index contributed by atoms with van der Waals surface area (Å²) in [5, 5.41) is 0. The maximum absolute atomic E-state index is 12.0. The van der Waals surface area contributed by atoms with Crippen LogP contribution in [-0.2, 0) is 4.74 Å². The van der Waals surface area contributed by atoms with Gasteiger partial charge in [0.05, 0.1) is 0 Å². The van der Waals surface area contributed by atoms with E-state index in [2.05, 4.69) is 11.2 Å². The first-order valence-corrected chi connectivity index (χ1v) is 3.27. The van der Waals surface area contributed by atoms with Crippen molar-refractivity contribution in [3.63, 3.8) is 0 Å². The molecule has 0 saturated carbocycles. The Balaban J connectivity index is 4.54. The standard InChI is InChI=1S/C7H6F6O/c1-3-5(2,7(11,12)13)14-4-6(8,9)10/h1H,4H2,2H3. The molecule has 0 bridgehead atoms. The molecule has 0 aromatic heterocycles. The van der Waals surface area contributed by atoms with E-state index in [0.29, 0.717) is 6.92 Å². The molecule has 7 heteroatoms. The van der Waals surface area contributed by atoms with Gasteiger partial charge in [-0.05, 0) is 6.92 Å². The van der Waals surface area contributed by atoms with Crippen LogP contribution in [0, 0.1) is 12.3 Å². The molecule has 0 spiro atoms. The highest BCUT2D eigenvalue weighted by Crippen LogP contribution is 2.34. The van der Waals surface area contributed by atoms with Crippen molar-refractivity contribution >= 4 is 0 Å². The Kier molecular flexibility index (Phi) is 3.45. The maximum atomic E-state index is 12.0. The number of ether oxygens (including phenoxy) is 1. The first kappa shape index (κ1) is 13.1. The molecule has 0 aliphatic rings. The summed E-state index contributed by atoms with van der Waals surface area (Å²) in [6, 6.07) is 0. The summed E-state index contributed by atoms with van der Waals surface area (Å²) in [4.78, 5) is 0. The second-order valence-electron chi connectivity index (χ2n) is 2.58. The van der Waals surface area contributed by atoms with E-state index in [-0.39, 0.29) is 0 Å². The van der Waals surface area contributed by atoms with E-state index in [1.54, 1.807) is 0 Å². The van der Waals surface area contributed by atoms with Crippen molar-refractivity contribution < 1.29 is 31.1 Å². The van der Waals surface area contributed by atoms with Gasteiger partial charge in [-0.25, -0.2) is 0 Å². The zero-order valence-electron chi connectivity index (χ0n) is 6.96. The molecule has 0 saturated heterocycles. The summed E-state index contributed by atoms with van der Waals surface area (Å²) in [5.74, 6) is 1.14. The van der Waals surface area contributed by atoms with Crippen molar-refractivity contribution in [1.82, 2.24) is 0 Å². The zero-order valence-corrected chi connectivity index (χ0v) is 6.96. The third kappa shape index (κ3) is 3.46. The lowest BCUT2D eigenvalue weighted by Gasteiger charge is -2.27. The second-order valence-corrected chi connectivity index (χ2v) is 2.58. The molecule has 1 unspecified atom stereocenters. The minimum atomic E-state index is -5.03. The molecule has 0 aliphatic heterocycles. The summed E-state index contributed by atoms with van der Waals surface area (Å²) in [6.45, 7) is -1.67. The molecule has 0 amide bonds. The number of alkyl halides is 6. The van der Waals surface area contributed by atoms with Crippen molar-refractivity contribution in [3.05, 3.63) is 0 Å². The highest BCUT2D eigenvalue weighted by Gasteiger charge is 2.53. The fourth-order valence-electron chi connectivity index (χ4n) is 0.431. The maximum Gasteiger partial charge on any atom is 0.428 e. The lowest BCUT2D eigenvalue weighted by atomic mass is 10.1. The summed E-state index contributed by atoms with van der Waals surface area (Å²) < 4.78 is 74.4. The van der Waals surface area contributed by atoms with Gasteiger partial charge in [-0.2, -0.15) is 26.3 Å². The van der Waals surface area contributed by atoms with Crippen LogP contribution in [-0.4, -0.2) is 24.6 Å². The Labute approximate surface area is 76.0 Å². The molecule has 82 valence electrons. The average Bonchev–Trinajstić information content (AvgIpc) is 1.96. The van der Waals surface area contributed by atoms with Crippen LogP contribution in [0.5, 0.6) is 0 Å². The Morgan fingerprint density at radius 1 is 1.14 bits per heavy atom. The smallest absolute Gasteiger partial charge is 0.344 e. The monoisotopic (exact) mass is 220 g/mol. The van der Waals surface area contributed by atoms with Gasteiger partial charge < -0.3 is 4.74 Å². The molecule has 1 atom stereocenters. The number of hydrogen-bond donors (Lipinski definition) is 0. The summed E-state index contributed by atoms with van der Waals surface area (Å²) in [5.41, 5.74) is -3.21. The van der Waals surface area contributed by atoms with Crippen LogP contribution in [0.15, 0.2) is 0 Å². The SMILES string of the molecule is C#CC(C)(OCC(F)(F)F)C(F)(F)F. The predicted octanol–water partition coefficient (Wildman–Crippen LogP) is 2.52. The Bertz CT molecular complexity index is 234. The number of terminal acetylenes is 1. The predicted molar refractivity (Wildman–Crippen MR) is 35.3 cm³/mol. The van der Waals surface area contributed by atoms with Crippen LogP contribution < -0.4 is 0 Å². The van der Waals surface area contributed by atoms with E-state index in [9.17, 15) is 26.3 Å². The van der Waals surface area contributed by atoms with Crippen LogP contribution in [0.1, 0.15) is 6.92 Å². The van der Waals surface area contributed by atoms with E-state index in [1.165, 1.54) is 0 Å². The van der Waals surface area contributed by atoms with E-state index in [4.69, 9.17) is 0 Å². The van der Waals surface area contributed by atoms with Crippen molar-refractivity contribution in [3.8, 4) is 12.3 Å². The van der Waals surface area contributed by atoms with E-state index >= 15 is 0 Å². The Hall–Kier alpha value is -0.900. The number of halogens is 6. The molecule has 0 aliphatic carbocycles. The van der Waals surface area contributed by atoms with Crippen LogP contribution in [0.3, 0.4) is 0 Å². The quantitative estimate of drug-likeness (QED) is 0.513. The van der Waals surface area contributed by atoms with Crippen LogP contribution >= 0.6 is 0 Å². The Morgan fingerprint density at radius 3 is 1.79 bits per heavy atom. The molecular formula is C7H6F6O. The van der Waals surface area contributed by atoms with Gasteiger partial charge >= 0.3 is 12.4 Å². The van der Waals surface area contributed by atoms with Gasteiger partial charge in [-0.1, -0.05) is 5.92 Å². The Morgan fingerprint density at radius 2 is 1.57 bits per heavy atom. The van der Waals surface area contributed by atoms with Crippen LogP contribution in [0.4, 0.5) is 26.3 Å². The van der Waals surface area contributed by atoms with Crippen LogP contribution in [0.25, 0.3) is 0 Å². The molecule has 1 nitrogen and oxygen atoms in total. The summed E-state index contributed by atoms with van der Waals surface area (Å²) in [7, 11) is 0. The topological polar surface area (TPSA) is 9.23 Å². The minimum Gasteiger partial charge on any atom is -0.344 e. The van der Waals surface area contributed by atoms with Crippen LogP contribution in [0.2, 0.25) is 0 Å². The fourth-order valence-corrected chi connectivity index (χ4v) is 0.431. The average molecular weight is 220 g/mol. The highest BCUT2D eigenvalue weighted by molar-refractivity contribution is 5.10. The van der Waals surface area contributed by atoms with Gasteiger partial charge in [-0.15, -0.1) is 6.42 Å². The number of rotatable bonds is 2. The van der Waals surface area contributed by atoms with Crippen molar-refractivity contribution in [2.24, 2.45) is 0 Å². The molecule has 0 fully saturated rings. The van der Waals surface area contributed by atoms with Gasteiger partial charge in [0.2, 0.25) is 5.60 Å². The molecule has 0 rings (SSSR count). The fraction of sp³-hybridized carbons (Fsp3) is 0.714. The minimum absolute atomic E-state index is 0.360. The first-order valence-electron chi connectivity index (χ1n) is 3.27.